The summed E-state index contributed by atoms with van der Waals surface area (Å²) in [5.74, 6) is 0.0654. The number of likely N-dealkylation sites (N-methyl/N-ethyl adjacent to an activating group) is 1. The fraction of sp³-hybridized carbons (Fsp3) is 0.429. The van der Waals surface area contributed by atoms with Crippen molar-refractivity contribution in [2.24, 2.45) is 5.92 Å². The number of alkyl halides is 3. The molecule has 1 aromatic carbocycles. The van der Waals surface area contributed by atoms with Gasteiger partial charge < -0.3 is 10.1 Å². The molecule has 1 rings (SSSR count). The van der Waals surface area contributed by atoms with Crippen LogP contribution in [-0.2, 0) is 0 Å². The molecule has 5 heteroatoms. The van der Waals surface area contributed by atoms with Gasteiger partial charge in [-0.25, -0.2) is 0 Å². The third-order valence-electron chi connectivity index (χ3n) is 2.61. The lowest BCUT2D eigenvalue weighted by Crippen LogP contribution is -2.18. The number of rotatable bonds is 5. The van der Waals surface area contributed by atoms with Crippen LogP contribution in [0.25, 0.3) is 6.08 Å². The summed E-state index contributed by atoms with van der Waals surface area (Å²) in [5, 5.41) is 3.01. The van der Waals surface area contributed by atoms with E-state index in [2.05, 4.69) is 10.1 Å². The molecule has 0 fully saturated rings. The van der Waals surface area contributed by atoms with Gasteiger partial charge >= 0.3 is 6.36 Å². The topological polar surface area (TPSA) is 21.3 Å². The van der Waals surface area contributed by atoms with Gasteiger partial charge in [-0.1, -0.05) is 43.7 Å². The van der Waals surface area contributed by atoms with Gasteiger partial charge in [0.05, 0.1) is 0 Å². The quantitative estimate of drug-likeness (QED) is 0.880. The summed E-state index contributed by atoms with van der Waals surface area (Å²) in [6, 6.07) is 6.13. The Kier molecular flexibility index (Phi) is 5.42. The van der Waals surface area contributed by atoms with Gasteiger partial charge in [-0.2, -0.15) is 0 Å². The molecule has 0 spiro atoms. The van der Waals surface area contributed by atoms with Crippen molar-refractivity contribution in [3.63, 3.8) is 0 Å². The lowest BCUT2D eigenvalue weighted by molar-refractivity contribution is -0.274. The van der Waals surface area contributed by atoms with E-state index in [0.717, 1.165) is 5.57 Å². The minimum absolute atomic E-state index is 0.177. The molecule has 0 unspecified atom stereocenters. The predicted octanol–water partition coefficient (Wildman–Crippen LogP) is 3.84. The Balaban J connectivity index is 3.08. The average Bonchev–Trinajstić information content (AvgIpc) is 2.28. The van der Waals surface area contributed by atoms with Crippen LogP contribution in [0.4, 0.5) is 13.2 Å². The Bertz CT molecular complexity index is 439. The third-order valence-corrected chi connectivity index (χ3v) is 2.61. The summed E-state index contributed by atoms with van der Waals surface area (Å²) in [6.45, 7) is 4.62. The van der Waals surface area contributed by atoms with Gasteiger partial charge in [0, 0.05) is 12.1 Å². The van der Waals surface area contributed by atoms with E-state index in [0.29, 0.717) is 12.1 Å². The molecule has 0 radical (unpaired) electrons. The second-order valence-corrected chi connectivity index (χ2v) is 4.49. The van der Waals surface area contributed by atoms with Crippen LogP contribution in [-0.4, -0.2) is 20.0 Å². The van der Waals surface area contributed by atoms with Crippen LogP contribution in [0.5, 0.6) is 5.75 Å². The first-order chi connectivity index (χ1) is 8.83. The Morgan fingerprint density at radius 2 is 1.95 bits per heavy atom. The lowest BCUT2D eigenvalue weighted by Gasteiger charge is -2.14. The van der Waals surface area contributed by atoms with Crippen LogP contribution in [0.2, 0.25) is 0 Å². The Hall–Kier alpha value is -1.49. The maximum Gasteiger partial charge on any atom is 0.573 e. The van der Waals surface area contributed by atoms with Crippen LogP contribution in [0.3, 0.4) is 0 Å². The summed E-state index contributed by atoms with van der Waals surface area (Å²) in [4.78, 5) is 0. The van der Waals surface area contributed by atoms with E-state index in [-0.39, 0.29) is 11.7 Å². The molecule has 0 saturated carbocycles. The fourth-order valence-corrected chi connectivity index (χ4v) is 1.64. The van der Waals surface area contributed by atoms with E-state index >= 15 is 0 Å². The van der Waals surface area contributed by atoms with E-state index in [1.807, 2.05) is 13.8 Å². The predicted molar refractivity (Wildman–Crippen MR) is 69.9 cm³/mol. The number of ether oxygens (including phenoxy) is 1. The molecule has 1 N–H and O–H groups in total. The van der Waals surface area contributed by atoms with Crippen molar-refractivity contribution in [3.05, 3.63) is 35.4 Å². The zero-order valence-electron chi connectivity index (χ0n) is 11.2. The number of para-hydroxylation sites is 1. The number of nitrogens with one attached hydrogen (secondary N) is 1. The second kappa shape index (κ2) is 6.61. The second-order valence-electron chi connectivity index (χ2n) is 4.49. The van der Waals surface area contributed by atoms with Gasteiger partial charge in [-0.3, -0.25) is 0 Å². The van der Waals surface area contributed by atoms with Crippen molar-refractivity contribution in [2.75, 3.05) is 13.6 Å². The summed E-state index contributed by atoms with van der Waals surface area (Å²) in [5.41, 5.74) is 1.44. The third kappa shape index (κ3) is 5.34. The van der Waals surface area contributed by atoms with Crippen molar-refractivity contribution in [1.82, 2.24) is 5.32 Å². The molecule has 0 atom stereocenters. The molecule has 0 bridgehead atoms. The molecule has 0 saturated heterocycles. The highest BCUT2D eigenvalue weighted by Crippen LogP contribution is 2.28. The molecule has 19 heavy (non-hydrogen) atoms. The molecule has 0 amide bonds. The Morgan fingerprint density at radius 3 is 2.47 bits per heavy atom. The largest absolute Gasteiger partial charge is 0.573 e. The van der Waals surface area contributed by atoms with Gasteiger partial charge in [0.2, 0.25) is 0 Å². The Labute approximate surface area is 111 Å². The summed E-state index contributed by atoms with van der Waals surface area (Å²) in [7, 11) is 1.80. The van der Waals surface area contributed by atoms with Crippen molar-refractivity contribution < 1.29 is 17.9 Å². The van der Waals surface area contributed by atoms with Crippen molar-refractivity contribution in [3.8, 4) is 5.75 Å². The highest BCUT2D eigenvalue weighted by Gasteiger charge is 2.31. The highest BCUT2D eigenvalue weighted by atomic mass is 19.4. The highest BCUT2D eigenvalue weighted by molar-refractivity contribution is 5.60. The van der Waals surface area contributed by atoms with Gasteiger partial charge in [0.1, 0.15) is 5.75 Å². The van der Waals surface area contributed by atoms with E-state index in [1.165, 1.54) is 12.1 Å². The first-order valence-corrected chi connectivity index (χ1v) is 6.03. The van der Waals surface area contributed by atoms with Crippen LogP contribution < -0.4 is 10.1 Å². The zero-order valence-corrected chi connectivity index (χ0v) is 11.2. The summed E-state index contributed by atoms with van der Waals surface area (Å²) in [6.07, 6.45) is -2.94. The SMILES string of the molecule is CNCC(=Cc1ccccc1OC(F)(F)F)C(C)C. The molecule has 0 aliphatic rings. The molecule has 0 aromatic heterocycles. The number of halogens is 3. The molecule has 2 nitrogen and oxygen atoms in total. The zero-order chi connectivity index (χ0) is 14.5. The van der Waals surface area contributed by atoms with Gasteiger partial charge in [-0.15, -0.1) is 13.2 Å². The molecule has 106 valence electrons. The molecular formula is C14H18F3NO. The minimum atomic E-state index is -4.68. The first-order valence-electron chi connectivity index (χ1n) is 6.03. The molecule has 0 aliphatic carbocycles. The number of hydrogen-bond acceptors (Lipinski definition) is 2. The van der Waals surface area contributed by atoms with E-state index < -0.39 is 6.36 Å². The standard InChI is InChI=1S/C14H18F3NO/c1-10(2)12(9-18-3)8-11-6-4-5-7-13(11)19-14(15,16)17/h4-8,10,18H,9H2,1-3H3. The average molecular weight is 273 g/mol. The van der Waals surface area contributed by atoms with E-state index in [4.69, 9.17) is 0 Å². The number of benzene rings is 1. The van der Waals surface area contributed by atoms with Gasteiger partial charge in [0.25, 0.3) is 0 Å². The Morgan fingerprint density at radius 1 is 1.32 bits per heavy atom. The van der Waals surface area contributed by atoms with Crippen LogP contribution >= 0.6 is 0 Å². The monoisotopic (exact) mass is 273 g/mol. The maximum atomic E-state index is 12.3. The first kappa shape index (κ1) is 15.6. The molecule has 0 heterocycles. The lowest BCUT2D eigenvalue weighted by atomic mass is 10.00. The maximum absolute atomic E-state index is 12.3. The van der Waals surface area contributed by atoms with Crippen molar-refractivity contribution in [2.45, 2.75) is 20.2 Å². The van der Waals surface area contributed by atoms with E-state index in [1.54, 1.807) is 25.3 Å². The molecular weight excluding hydrogens is 255 g/mol. The van der Waals surface area contributed by atoms with Crippen molar-refractivity contribution in [1.29, 1.82) is 0 Å². The summed E-state index contributed by atoms with van der Waals surface area (Å²) >= 11 is 0. The fourth-order valence-electron chi connectivity index (χ4n) is 1.64. The van der Waals surface area contributed by atoms with Gasteiger partial charge in [-0.05, 0) is 19.0 Å². The number of hydrogen-bond donors (Lipinski definition) is 1. The normalized spacial score (nSPS) is 12.9. The van der Waals surface area contributed by atoms with Crippen LogP contribution in [0.1, 0.15) is 19.4 Å². The van der Waals surface area contributed by atoms with Gasteiger partial charge in [0.15, 0.2) is 0 Å². The van der Waals surface area contributed by atoms with Crippen molar-refractivity contribution >= 4 is 6.08 Å². The molecule has 1 aromatic rings. The minimum Gasteiger partial charge on any atom is -0.405 e. The van der Waals surface area contributed by atoms with Crippen LogP contribution in [0.15, 0.2) is 29.8 Å². The molecule has 0 aliphatic heterocycles. The smallest absolute Gasteiger partial charge is 0.405 e. The summed E-state index contributed by atoms with van der Waals surface area (Å²) < 4.78 is 41.0. The van der Waals surface area contributed by atoms with Crippen LogP contribution in [0, 0.1) is 5.92 Å². The van der Waals surface area contributed by atoms with E-state index in [9.17, 15) is 13.2 Å².